The molecule has 2 saturated heterocycles. The van der Waals surface area contributed by atoms with Crippen molar-refractivity contribution in [2.24, 2.45) is 41.1 Å². The number of carbonyl (C=O) groups excluding carboxylic acids is 11. The number of amides is 4. The lowest BCUT2D eigenvalue weighted by atomic mass is 9.89. The van der Waals surface area contributed by atoms with Gasteiger partial charge in [0.2, 0.25) is 23.6 Å². The summed E-state index contributed by atoms with van der Waals surface area (Å²) in [5.74, 6) is -12.3. The number of aryl methyl sites for hydroxylation is 1. The van der Waals surface area contributed by atoms with Gasteiger partial charge in [-0.3, -0.25) is 63.4 Å². The van der Waals surface area contributed by atoms with Gasteiger partial charge in [0.15, 0.2) is 28.9 Å². The predicted molar refractivity (Wildman–Crippen MR) is 472 cm³/mol. The number of ketones is 5. The molecule has 2 aliphatic heterocycles. The lowest BCUT2D eigenvalue weighted by Gasteiger charge is -2.33. The number of likely N-dealkylation sites (tertiary alicyclic amines) is 1. The highest BCUT2D eigenvalue weighted by Gasteiger charge is 2.42. The molecule has 13 atom stereocenters. The van der Waals surface area contributed by atoms with Crippen LogP contribution < -0.4 is 42.8 Å². The molecule has 2 aliphatic rings. The Balaban J connectivity index is 1.36. The van der Waals surface area contributed by atoms with Gasteiger partial charge in [-0.05, 0) is 199 Å². The van der Waals surface area contributed by atoms with Crippen LogP contribution in [0.25, 0.3) is 11.1 Å². The molecule has 121 heavy (non-hydrogen) atoms. The number of ether oxygens (including phenoxy) is 4. The summed E-state index contributed by atoms with van der Waals surface area (Å²) in [7, 11) is 2.12. The van der Waals surface area contributed by atoms with Crippen molar-refractivity contribution in [2.75, 3.05) is 18.1 Å². The zero-order chi connectivity index (χ0) is 89.3. The number of carbonyl (C=O) groups is 11. The van der Waals surface area contributed by atoms with Gasteiger partial charge in [0.1, 0.15) is 35.0 Å². The minimum atomic E-state index is -1.69. The maximum Gasteiger partial charge on any atom is 0.308 e. The first-order chi connectivity index (χ1) is 56.8. The van der Waals surface area contributed by atoms with Crippen LogP contribution in [0.3, 0.4) is 0 Å². The van der Waals surface area contributed by atoms with E-state index in [0.717, 1.165) is 49.4 Å². The fraction of sp³-hybridized carbons (Fsp3) is 0.564. The Morgan fingerprint density at radius 1 is 0.620 bits per heavy atom. The third-order valence-corrected chi connectivity index (χ3v) is 23.3. The molecule has 25 nitrogen and oxygen atoms in total. The van der Waals surface area contributed by atoms with E-state index in [-0.39, 0.29) is 75.6 Å². The van der Waals surface area contributed by atoms with Crippen LogP contribution in [0.15, 0.2) is 127 Å². The van der Waals surface area contributed by atoms with E-state index in [1.165, 1.54) is 4.90 Å². The van der Waals surface area contributed by atoms with Crippen molar-refractivity contribution < 1.29 is 81.9 Å². The monoisotopic (exact) mass is 1710 g/mol. The highest BCUT2D eigenvalue weighted by molar-refractivity contribution is 8.76. The SMILES string of the molecule is Cc1ccc(C[C@@H]2NC(=O)[C@H](Cc3ccc(OC(C)(C)C)cc3)CC(=O)[C@H](CC(=O)OC(C)(C)C)NC(=O)[C@@H](CC(=O)[C@@H]3CCCN3C(=O)[C@@H](N)CC(C)C)CSSC[C@@H](C(=O)N[C@@H](Cc3ccc(-c4ccccc4)cc3)C(=O)C[C@@H](CC(=O)OC(C)(C)C)[C@@H](O)NCc3cccc(CN)c3)CC(=O)[C@H](C(C)OC(C)(C)C)N[C@H](O)CCC2=O)cc1. The largest absolute Gasteiger partial charge is 0.488 e. The average Bonchev–Trinajstić information content (AvgIpc) is 1.65. The van der Waals surface area contributed by atoms with E-state index in [4.69, 9.17) is 30.4 Å². The Morgan fingerprint density at radius 2 is 1.21 bits per heavy atom. The number of esters is 2. The van der Waals surface area contributed by atoms with E-state index in [9.17, 15) is 24.6 Å². The molecular weight excluding hydrogens is 1580 g/mol. The molecule has 662 valence electrons. The number of benzene rings is 5. The first-order valence-corrected chi connectivity index (χ1v) is 44.8. The van der Waals surface area contributed by atoms with Crippen molar-refractivity contribution in [3.63, 3.8) is 0 Å². The second-order valence-electron chi connectivity index (χ2n) is 36.8. The lowest BCUT2D eigenvalue weighted by Crippen LogP contribution is -2.53. The van der Waals surface area contributed by atoms with Crippen LogP contribution in [0, 0.1) is 36.5 Å². The molecule has 4 amide bonds. The number of aliphatic hydroxyl groups excluding tert-OH is 2. The van der Waals surface area contributed by atoms with E-state index in [1.807, 2.05) is 145 Å². The maximum atomic E-state index is 15.9. The zero-order valence-electron chi connectivity index (χ0n) is 73.6. The highest BCUT2D eigenvalue weighted by atomic mass is 33.1. The van der Waals surface area contributed by atoms with Crippen LogP contribution in [0.5, 0.6) is 5.75 Å². The van der Waals surface area contributed by atoms with Crippen LogP contribution >= 0.6 is 21.6 Å². The summed E-state index contributed by atoms with van der Waals surface area (Å²) in [6.45, 7) is 29.0. The molecule has 11 N–H and O–H groups in total. The molecule has 0 aromatic heterocycles. The normalized spacial score (nSPS) is 21.4. The number of nitrogens with one attached hydrogen (secondary N) is 5. The summed E-state index contributed by atoms with van der Waals surface area (Å²) in [6.07, 6.45) is -7.28. The number of rotatable bonds is 30. The number of aliphatic hydroxyl groups is 2. The molecule has 0 spiro atoms. The molecular formula is C94H132N8O17S2. The summed E-state index contributed by atoms with van der Waals surface area (Å²) in [5.41, 5.74) is 15.2. The molecule has 0 radical (unpaired) electrons. The first kappa shape index (κ1) is 99.6. The number of hydrogen-bond donors (Lipinski definition) is 9. The van der Waals surface area contributed by atoms with Crippen molar-refractivity contribution in [1.82, 2.24) is 31.5 Å². The summed E-state index contributed by atoms with van der Waals surface area (Å²) < 4.78 is 24.1. The van der Waals surface area contributed by atoms with Gasteiger partial charge >= 0.3 is 11.9 Å². The molecule has 0 aliphatic carbocycles. The zero-order valence-corrected chi connectivity index (χ0v) is 75.2. The lowest BCUT2D eigenvalue weighted by molar-refractivity contribution is -0.158. The van der Waals surface area contributed by atoms with Gasteiger partial charge in [0.25, 0.3) is 0 Å². The van der Waals surface area contributed by atoms with Gasteiger partial charge in [-0.1, -0.05) is 156 Å². The Hall–Kier alpha value is -8.51. The number of nitrogens with two attached hydrogens (primary N) is 2. The number of hydrogen-bond acceptors (Lipinski definition) is 23. The molecule has 5 aromatic carbocycles. The van der Waals surface area contributed by atoms with Crippen molar-refractivity contribution in [1.29, 1.82) is 0 Å². The van der Waals surface area contributed by atoms with Crippen LogP contribution in [-0.4, -0.2) is 175 Å². The van der Waals surface area contributed by atoms with E-state index >= 15 is 38.4 Å². The molecule has 0 saturated carbocycles. The fourth-order valence-electron chi connectivity index (χ4n) is 14.8. The summed E-state index contributed by atoms with van der Waals surface area (Å²) in [5, 5.41) is 39.2. The Labute approximate surface area is 723 Å². The van der Waals surface area contributed by atoms with Gasteiger partial charge in [0.05, 0.1) is 72.6 Å². The Morgan fingerprint density at radius 3 is 1.84 bits per heavy atom. The van der Waals surface area contributed by atoms with Gasteiger partial charge in [-0.2, -0.15) is 0 Å². The fourth-order valence-corrected chi connectivity index (χ4v) is 17.5. The minimum absolute atomic E-state index is 0.0376. The predicted octanol–water partition coefficient (Wildman–Crippen LogP) is 11.2. The smallest absolute Gasteiger partial charge is 0.308 e. The molecule has 0 bridgehead atoms. The van der Waals surface area contributed by atoms with Gasteiger partial charge in [-0.15, -0.1) is 0 Å². The highest BCUT2D eigenvalue weighted by Crippen LogP contribution is 2.34. The summed E-state index contributed by atoms with van der Waals surface area (Å²) >= 11 is 0. The third-order valence-electron chi connectivity index (χ3n) is 20.7. The Bertz CT molecular complexity index is 4270. The molecule has 1 unspecified atom stereocenters. The van der Waals surface area contributed by atoms with E-state index in [1.54, 1.807) is 93.5 Å². The molecule has 7 rings (SSSR count). The maximum absolute atomic E-state index is 15.9. The molecule has 2 heterocycles. The summed E-state index contributed by atoms with van der Waals surface area (Å²) in [4.78, 5) is 168. The molecule has 5 aromatic rings. The van der Waals surface area contributed by atoms with Crippen LogP contribution in [0.4, 0.5) is 0 Å². The average molecular weight is 1710 g/mol. The molecule has 2 fully saturated rings. The van der Waals surface area contributed by atoms with Gasteiger partial charge in [-0.25, -0.2) is 0 Å². The third kappa shape index (κ3) is 34.6. The standard InChI is InChI=1S/C94H132N8O17S2/c1-57(2)42-72(96)90(115)102-41-21-26-76(102)80(106)49-69-55-120-121-56-70(89(114)99-74(46-62-31-35-66(36-32-62)65-24-18-17-19-25-65)78(104)48-68(51-83(109)118-93(11,12)13)86(111)97-54-64-23-20-22-63(43-64)53-95)50-81(107)85(59(4)116-91(5,6)7)101-82(108)40-39-77(103)73(45-61-29-27-58(3)28-30-61)98-87(112)67(44-60-33-37-71(38-34-60)117-92(8,9)10)47-79(105)75(100-88(69)113)52-84(110)119-94(14,15)16/h17-20,22-25,27-38,43,57,59,67-70,72-76,82,85-86,97,101,108,111H,21,26,39-42,44-56,95-96H2,1-16H3,(H,98,112)(H,99,114)(H,100,113)/t59?,67-,68+,69+,70+,72+,73+,74+,75+,76+,82-,85+,86-/m1/s1. The van der Waals surface area contributed by atoms with Crippen molar-refractivity contribution in [3.05, 3.63) is 161 Å². The van der Waals surface area contributed by atoms with Crippen molar-refractivity contribution >= 4 is 86.1 Å². The van der Waals surface area contributed by atoms with Crippen LogP contribution in [0.2, 0.25) is 0 Å². The van der Waals surface area contributed by atoms with E-state index in [0.29, 0.717) is 35.3 Å². The van der Waals surface area contributed by atoms with Crippen LogP contribution in [0.1, 0.15) is 208 Å². The van der Waals surface area contributed by atoms with Crippen molar-refractivity contribution in [3.8, 4) is 16.9 Å². The molecule has 27 heteroatoms. The topological polar surface area (TPSA) is 381 Å². The second-order valence-corrected chi connectivity index (χ2v) is 39.3. The summed E-state index contributed by atoms with van der Waals surface area (Å²) in [6, 6.07) is 31.1. The Kier molecular flexibility index (Phi) is 38.1. The van der Waals surface area contributed by atoms with Gasteiger partial charge in [0, 0.05) is 75.1 Å². The van der Waals surface area contributed by atoms with Crippen molar-refractivity contribution in [2.45, 2.75) is 291 Å². The van der Waals surface area contributed by atoms with E-state index < -0.39 is 204 Å². The van der Waals surface area contributed by atoms with Gasteiger partial charge < -0.3 is 61.5 Å². The quantitative estimate of drug-likeness (QED) is 0.0117. The minimum Gasteiger partial charge on any atom is -0.488 e. The van der Waals surface area contributed by atoms with Crippen LogP contribution in [-0.2, 0) is 99.3 Å². The first-order valence-electron chi connectivity index (χ1n) is 42.4. The number of nitrogens with zero attached hydrogens (tertiary/aromatic N) is 1. The van der Waals surface area contributed by atoms with E-state index in [2.05, 4.69) is 26.6 Å². The number of Topliss-reactive ketones (excluding diaryl/α,β-unsaturated/α-hetero) is 5. The second kappa shape index (κ2) is 46.3.